The Bertz CT molecular complexity index is 737. The number of hydrogen-bond donors (Lipinski definition) is 0. The second-order valence-corrected chi connectivity index (χ2v) is 5.13. The first-order valence-corrected chi connectivity index (χ1v) is 6.68. The highest BCUT2D eigenvalue weighted by molar-refractivity contribution is 6.54. The fraction of sp³-hybridized carbons (Fsp3) is 0.125. The van der Waals surface area contributed by atoms with Crippen molar-refractivity contribution < 1.29 is 4.79 Å². The van der Waals surface area contributed by atoms with E-state index in [4.69, 9.17) is 11.6 Å². The molecule has 0 radical (unpaired) electrons. The molecule has 0 aromatic heterocycles. The number of aliphatic imine (C=N–C) groups is 1. The maximum absolute atomic E-state index is 12.3. The third-order valence-electron chi connectivity index (χ3n) is 3.50. The number of likely N-dealkylation sites (N-methyl/N-ethyl adjacent to an activating group) is 1. The molecule has 1 aliphatic heterocycles. The summed E-state index contributed by atoms with van der Waals surface area (Å²) in [4.78, 5) is 18.5. The third kappa shape index (κ3) is 1.91. The summed E-state index contributed by atoms with van der Waals surface area (Å²) in [6.07, 6.45) is 0. The Morgan fingerprint density at radius 2 is 1.85 bits per heavy atom. The Hall–Kier alpha value is -2.13. The monoisotopic (exact) mass is 284 g/mol. The molecule has 1 amide bonds. The van der Waals surface area contributed by atoms with Gasteiger partial charge in [0.1, 0.15) is 5.71 Å². The molecule has 3 rings (SSSR count). The quantitative estimate of drug-likeness (QED) is 0.785. The molecule has 4 heteroatoms. The van der Waals surface area contributed by atoms with Crippen LogP contribution in [0.3, 0.4) is 0 Å². The summed E-state index contributed by atoms with van der Waals surface area (Å²) in [6.45, 7) is 1.90. The predicted octanol–water partition coefficient (Wildman–Crippen LogP) is 3.75. The van der Waals surface area contributed by atoms with Gasteiger partial charge >= 0.3 is 0 Å². The maximum atomic E-state index is 12.3. The third-order valence-corrected chi connectivity index (χ3v) is 3.91. The highest BCUT2D eigenvalue weighted by atomic mass is 35.5. The van der Waals surface area contributed by atoms with Gasteiger partial charge in [-0.05, 0) is 30.7 Å². The molecular weight excluding hydrogens is 272 g/mol. The highest BCUT2D eigenvalue weighted by Gasteiger charge is 2.30. The summed E-state index contributed by atoms with van der Waals surface area (Å²) < 4.78 is 0. The first kappa shape index (κ1) is 12.9. The van der Waals surface area contributed by atoms with Crippen molar-refractivity contribution in [1.82, 2.24) is 0 Å². The van der Waals surface area contributed by atoms with Crippen molar-refractivity contribution in [2.24, 2.45) is 4.99 Å². The molecule has 0 unspecified atom stereocenters. The van der Waals surface area contributed by atoms with Crippen LogP contribution in [-0.2, 0) is 4.79 Å². The zero-order chi connectivity index (χ0) is 14.3. The van der Waals surface area contributed by atoms with E-state index in [9.17, 15) is 4.79 Å². The van der Waals surface area contributed by atoms with E-state index in [1.807, 2.05) is 49.4 Å². The van der Waals surface area contributed by atoms with Gasteiger partial charge in [-0.2, -0.15) is 0 Å². The van der Waals surface area contributed by atoms with Gasteiger partial charge in [0.05, 0.1) is 11.4 Å². The van der Waals surface area contributed by atoms with E-state index in [1.54, 1.807) is 11.9 Å². The molecule has 0 bridgehead atoms. The summed E-state index contributed by atoms with van der Waals surface area (Å²) in [5.74, 6) is -0.0921. The summed E-state index contributed by atoms with van der Waals surface area (Å²) in [6, 6.07) is 13.2. The van der Waals surface area contributed by atoms with E-state index >= 15 is 0 Å². The molecular formula is C16H13ClN2O. The first-order valence-electron chi connectivity index (χ1n) is 6.31. The van der Waals surface area contributed by atoms with Gasteiger partial charge in [-0.3, -0.25) is 4.79 Å². The zero-order valence-corrected chi connectivity index (χ0v) is 12.0. The van der Waals surface area contributed by atoms with Crippen LogP contribution in [0, 0.1) is 6.92 Å². The standard InChI is InChI=1S/C16H13ClN2O/c1-10-12(17)7-5-8-13(10)18-15-11-6-3-4-9-14(11)19(2)16(15)20/h3-9H,1-2H3. The largest absolute Gasteiger partial charge is 0.309 e. The summed E-state index contributed by atoms with van der Waals surface area (Å²) in [5.41, 5.74) is 3.82. The fourth-order valence-corrected chi connectivity index (χ4v) is 2.47. The van der Waals surface area contributed by atoms with Crippen LogP contribution in [-0.4, -0.2) is 18.7 Å². The number of amides is 1. The molecule has 1 heterocycles. The second-order valence-electron chi connectivity index (χ2n) is 4.73. The number of carbonyl (C=O) groups is 1. The molecule has 2 aromatic carbocycles. The lowest BCUT2D eigenvalue weighted by Gasteiger charge is -2.07. The van der Waals surface area contributed by atoms with Crippen LogP contribution in [0.2, 0.25) is 5.02 Å². The number of halogens is 1. The molecule has 2 aromatic rings. The molecule has 0 saturated carbocycles. The summed E-state index contributed by atoms with van der Waals surface area (Å²) in [7, 11) is 1.76. The van der Waals surface area contributed by atoms with Crippen LogP contribution in [0.15, 0.2) is 47.5 Å². The average molecular weight is 285 g/mol. The number of benzene rings is 2. The Morgan fingerprint density at radius 1 is 1.10 bits per heavy atom. The van der Waals surface area contributed by atoms with Crippen molar-refractivity contribution in [3.63, 3.8) is 0 Å². The van der Waals surface area contributed by atoms with Crippen LogP contribution in [0.5, 0.6) is 0 Å². The Balaban J connectivity index is 2.17. The number of fused-ring (bicyclic) bond motifs is 1. The van der Waals surface area contributed by atoms with Gasteiger partial charge in [-0.25, -0.2) is 4.99 Å². The van der Waals surface area contributed by atoms with Crippen molar-refractivity contribution in [1.29, 1.82) is 0 Å². The van der Waals surface area contributed by atoms with E-state index < -0.39 is 0 Å². The van der Waals surface area contributed by atoms with Crippen LogP contribution in [0.25, 0.3) is 0 Å². The van der Waals surface area contributed by atoms with Crippen molar-refractivity contribution >= 4 is 34.6 Å². The van der Waals surface area contributed by atoms with E-state index in [-0.39, 0.29) is 5.91 Å². The van der Waals surface area contributed by atoms with E-state index in [1.165, 1.54) is 0 Å². The van der Waals surface area contributed by atoms with Gasteiger partial charge in [0.2, 0.25) is 0 Å². The lowest BCUT2D eigenvalue weighted by atomic mass is 10.1. The minimum Gasteiger partial charge on any atom is -0.309 e. The van der Waals surface area contributed by atoms with Crippen molar-refractivity contribution in [3.8, 4) is 0 Å². The van der Waals surface area contributed by atoms with Gasteiger partial charge < -0.3 is 4.90 Å². The van der Waals surface area contributed by atoms with E-state index in [0.29, 0.717) is 10.7 Å². The van der Waals surface area contributed by atoms with Gasteiger partial charge in [0.25, 0.3) is 5.91 Å². The molecule has 100 valence electrons. The number of anilines is 1. The Kier molecular flexibility index (Phi) is 3.07. The molecule has 0 saturated heterocycles. The number of hydrogen-bond acceptors (Lipinski definition) is 2. The van der Waals surface area contributed by atoms with Crippen LogP contribution in [0.4, 0.5) is 11.4 Å². The summed E-state index contributed by atoms with van der Waals surface area (Å²) in [5, 5.41) is 0.652. The number of rotatable bonds is 1. The van der Waals surface area contributed by atoms with E-state index in [2.05, 4.69) is 4.99 Å². The molecule has 0 N–H and O–H groups in total. The zero-order valence-electron chi connectivity index (χ0n) is 11.2. The smallest absolute Gasteiger partial charge is 0.277 e. The lowest BCUT2D eigenvalue weighted by Crippen LogP contribution is -2.25. The number of para-hydroxylation sites is 1. The van der Waals surface area contributed by atoms with Gasteiger partial charge in [-0.1, -0.05) is 35.9 Å². The Labute approximate surface area is 122 Å². The van der Waals surface area contributed by atoms with E-state index in [0.717, 1.165) is 22.5 Å². The normalized spacial score (nSPS) is 15.8. The van der Waals surface area contributed by atoms with Crippen molar-refractivity contribution in [2.45, 2.75) is 6.92 Å². The highest BCUT2D eigenvalue weighted by Crippen LogP contribution is 2.31. The Morgan fingerprint density at radius 3 is 2.65 bits per heavy atom. The minimum absolute atomic E-state index is 0.0921. The molecule has 0 atom stereocenters. The average Bonchev–Trinajstić information content (AvgIpc) is 2.69. The maximum Gasteiger partial charge on any atom is 0.277 e. The predicted molar refractivity (Wildman–Crippen MR) is 82.2 cm³/mol. The van der Waals surface area contributed by atoms with Crippen molar-refractivity contribution in [2.75, 3.05) is 11.9 Å². The molecule has 0 fully saturated rings. The number of nitrogens with zero attached hydrogens (tertiary/aromatic N) is 2. The summed E-state index contributed by atoms with van der Waals surface area (Å²) >= 11 is 6.10. The minimum atomic E-state index is -0.0921. The van der Waals surface area contributed by atoms with Gasteiger partial charge in [0, 0.05) is 17.6 Å². The molecule has 3 nitrogen and oxygen atoms in total. The second kappa shape index (κ2) is 4.76. The number of carbonyl (C=O) groups excluding carboxylic acids is 1. The van der Waals surface area contributed by atoms with Crippen LogP contribution >= 0.6 is 11.6 Å². The van der Waals surface area contributed by atoms with Crippen LogP contribution in [0.1, 0.15) is 11.1 Å². The van der Waals surface area contributed by atoms with Crippen molar-refractivity contribution in [3.05, 3.63) is 58.6 Å². The fourth-order valence-electron chi connectivity index (χ4n) is 2.30. The molecule has 0 spiro atoms. The van der Waals surface area contributed by atoms with Gasteiger partial charge in [0.15, 0.2) is 0 Å². The molecule has 20 heavy (non-hydrogen) atoms. The lowest BCUT2D eigenvalue weighted by molar-refractivity contribution is -0.111. The topological polar surface area (TPSA) is 32.7 Å². The molecule has 0 aliphatic carbocycles. The first-order chi connectivity index (χ1) is 9.59. The molecule has 1 aliphatic rings. The SMILES string of the molecule is Cc1c(Cl)cccc1N=C1C(=O)N(C)c2ccccc21. The van der Waals surface area contributed by atoms with Gasteiger partial charge in [-0.15, -0.1) is 0 Å². The van der Waals surface area contributed by atoms with Crippen LogP contribution < -0.4 is 4.90 Å².